The minimum atomic E-state index is 0.160. The van der Waals surface area contributed by atoms with E-state index in [9.17, 15) is 4.79 Å². The Bertz CT molecular complexity index is 1110. The molecule has 0 bridgehead atoms. The Morgan fingerprint density at radius 1 is 0.929 bits per heavy atom. The number of piperazine rings is 1. The number of carbonyl (C=O) groups is 1. The summed E-state index contributed by atoms with van der Waals surface area (Å²) < 4.78 is 1.17. The first-order valence-corrected chi connectivity index (χ1v) is 10.4. The lowest BCUT2D eigenvalue weighted by Gasteiger charge is -2.34. The molecule has 0 atom stereocenters. The van der Waals surface area contributed by atoms with Gasteiger partial charge in [0.05, 0.1) is 10.4 Å². The van der Waals surface area contributed by atoms with Crippen molar-refractivity contribution in [3.8, 4) is 0 Å². The van der Waals surface area contributed by atoms with Gasteiger partial charge in [-0.3, -0.25) is 14.7 Å². The molecule has 1 saturated heterocycles. The van der Waals surface area contributed by atoms with E-state index in [1.165, 1.54) is 15.6 Å². The number of pyridine rings is 1. The SMILES string of the molecule is O=C(c1cc2ccccc2s1)N1CCN(Cc2cccc3cccnc23)CC1. The van der Waals surface area contributed by atoms with Crippen molar-refractivity contribution in [1.82, 2.24) is 14.8 Å². The molecule has 0 saturated carbocycles. The number of hydrogen-bond acceptors (Lipinski definition) is 4. The molecule has 3 heterocycles. The molecule has 1 amide bonds. The van der Waals surface area contributed by atoms with Crippen LogP contribution in [-0.4, -0.2) is 46.9 Å². The molecule has 1 aliphatic rings. The Hall–Kier alpha value is -2.76. The average molecular weight is 388 g/mol. The maximum atomic E-state index is 12.9. The van der Waals surface area contributed by atoms with Crippen molar-refractivity contribution in [2.24, 2.45) is 0 Å². The highest BCUT2D eigenvalue weighted by Gasteiger charge is 2.23. The Balaban J connectivity index is 1.26. The van der Waals surface area contributed by atoms with E-state index in [-0.39, 0.29) is 5.91 Å². The predicted octanol–water partition coefficient (Wildman–Crippen LogP) is 4.41. The van der Waals surface area contributed by atoms with E-state index < -0.39 is 0 Å². The van der Waals surface area contributed by atoms with Crippen molar-refractivity contribution in [3.63, 3.8) is 0 Å². The first-order valence-electron chi connectivity index (χ1n) is 9.61. The van der Waals surface area contributed by atoms with Crippen LogP contribution in [0.25, 0.3) is 21.0 Å². The highest BCUT2D eigenvalue weighted by atomic mass is 32.1. The van der Waals surface area contributed by atoms with Gasteiger partial charge in [0.1, 0.15) is 0 Å². The molecule has 0 spiro atoms. The van der Waals surface area contributed by atoms with Gasteiger partial charge in [0.15, 0.2) is 0 Å². The van der Waals surface area contributed by atoms with Crippen LogP contribution in [0.15, 0.2) is 66.9 Å². The van der Waals surface area contributed by atoms with Crippen LogP contribution >= 0.6 is 11.3 Å². The second kappa shape index (κ2) is 7.34. The van der Waals surface area contributed by atoms with Crippen LogP contribution in [0.2, 0.25) is 0 Å². The highest BCUT2D eigenvalue weighted by Crippen LogP contribution is 2.27. The number of para-hydroxylation sites is 1. The lowest BCUT2D eigenvalue weighted by Crippen LogP contribution is -2.48. The third kappa shape index (κ3) is 3.28. The van der Waals surface area contributed by atoms with Gasteiger partial charge in [-0.05, 0) is 29.1 Å². The second-order valence-electron chi connectivity index (χ2n) is 7.21. The number of thiophene rings is 1. The summed E-state index contributed by atoms with van der Waals surface area (Å²) in [6.45, 7) is 4.19. The van der Waals surface area contributed by atoms with Crippen LogP contribution in [-0.2, 0) is 6.54 Å². The Labute approximate surface area is 168 Å². The fourth-order valence-corrected chi connectivity index (χ4v) is 4.92. The summed E-state index contributed by atoms with van der Waals surface area (Å²) in [4.78, 5) is 22.7. The topological polar surface area (TPSA) is 36.4 Å². The summed E-state index contributed by atoms with van der Waals surface area (Å²) in [5, 5.41) is 2.33. The minimum absolute atomic E-state index is 0.160. The van der Waals surface area contributed by atoms with E-state index in [1.807, 2.05) is 35.4 Å². The van der Waals surface area contributed by atoms with Crippen LogP contribution in [0.1, 0.15) is 15.2 Å². The van der Waals surface area contributed by atoms with E-state index in [0.29, 0.717) is 0 Å². The standard InChI is InChI=1S/C23H21N3OS/c27-23(21-15-18-5-1-2-9-20(18)28-21)26-13-11-25(12-14-26)16-19-7-3-6-17-8-4-10-24-22(17)19/h1-10,15H,11-14,16H2. The molecule has 5 rings (SSSR count). The zero-order valence-corrected chi connectivity index (χ0v) is 16.4. The summed E-state index contributed by atoms with van der Waals surface area (Å²) in [5.74, 6) is 0.160. The van der Waals surface area contributed by atoms with E-state index >= 15 is 0 Å². The zero-order chi connectivity index (χ0) is 18.9. The molecule has 140 valence electrons. The quantitative estimate of drug-likeness (QED) is 0.523. The number of hydrogen-bond donors (Lipinski definition) is 0. The van der Waals surface area contributed by atoms with Crippen molar-refractivity contribution in [3.05, 3.63) is 77.3 Å². The summed E-state index contributed by atoms with van der Waals surface area (Å²) in [6, 6.07) is 20.6. The zero-order valence-electron chi connectivity index (χ0n) is 15.5. The Morgan fingerprint density at radius 2 is 1.71 bits per heavy atom. The minimum Gasteiger partial charge on any atom is -0.335 e. The molecule has 2 aromatic heterocycles. The second-order valence-corrected chi connectivity index (χ2v) is 8.29. The fourth-order valence-electron chi connectivity index (χ4n) is 3.89. The maximum Gasteiger partial charge on any atom is 0.264 e. The van der Waals surface area contributed by atoms with E-state index in [0.717, 1.165) is 48.5 Å². The first kappa shape index (κ1) is 17.3. The molecule has 0 aliphatic carbocycles. The van der Waals surface area contributed by atoms with Gasteiger partial charge in [0.2, 0.25) is 0 Å². The smallest absolute Gasteiger partial charge is 0.264 e. The molecule has 2 aromatic carbocycles. The summed E-state index contributed by atoms with van der Waals surface area (Å²) in [6.07, 6.45) is 1.85. The summed E-state index contributed by atoms with van der Waals surface area (Å²) in [5.41, 5.74) is 2.33. The van der Waals surface area contributed by atoms with Gasteiger partial charge in [0.25, 0.3) is 5.91 Å². The van der Waals surface area contributed by atoms with Crippen LogP contribution in [0.3, 0.4) is 0 Å². The molecular weight excluding hydrogens is 366 g/mol. The van der Waals surface area contributed by atoms with Gasteiger partial charge >= 0.3 is 0 Å². The molecule has 0 unspecified atom stereocenters. The van der Waals surface area contributed by atoms with Crippen LogP contribution in [0.4, 0.5) is 0 Å². The molecule has 4 nitrogen and oxygen atoms in total. The lowest BCUT2D eigenvalue weighted by atomic mass is 10.1. The largest absolute Gasteiger partial charge is 0.335 e. The number of fused-ring (bicyclic) bond motifs is 2. The number of aromatic nitrogens is 1. The molecule has 1 aliphatic heterocycles. The third-order valence-corrected chi connectivity index (χ3v) is 6.51. The molecule has 0 N–H and O–H groups in total. The summed E-state index contributed by atoms with van der Waals surface area (Å²) in [7, 11) is 0. The van der Waals surface area contributed by atoms with Crippen molar-refractivity contribution < 1.29 is 4.79 Å². The predicted molar refractivity (Wildman–Crippen MR) is 115 cm³/mol. The normalized spacial score (nSPS) is 15.4. The van der Waals surface area contributed by atoms with Crippen molar-refractivity contribution in [2.75, 3.05) is 26.2 Å². The van der Waals surface area contributed by atoms with Crippen LogP contribution < -0.4 is 0 Å². The molecule has 28 heavy (non-hydrogen) atoms. The molecular formula is C23H21N3OS. The number of amides is 1. The summed E-state index contributed by atoms with van der Waals surface area (Å²) >= 11 is 1.59. The lowest BCUT2D eigenvalue weighted by molar-refractivity contribution is 0.0633. The van der Waals surface area contributed by atoms with E-state index in [2.05, 4.69) is 46.3 Å². The number of rotatable bonds is 3. The Morgan fingerprint density at radius 3 is 2.57 bits per heavy atom. The van der Waals surface area contributed by atoms with Gasteiger partial charge in [-0.1, -0.05) is 42.5 Å². The average Bonchev–Trinajstić information content (AvgIpc) is 3.18. The number of nitrogens with zero attached hydrogens (tertiary/aromatic N) is 3. The van der Waals surface area contributed by atoms with Crippen molar-refractivity contribution in [1.29, 1.82) is 0 Å². The van der Waals surface area contributed by atoms with E-state index in [4.69, 9.17) is 0 Å². The van der Waals surface area contributed by atoms with E-state index in [1.54, 1.807) is 11.3 Å². The molecule has 0 radical (unpaired) electrons. The number of benzene rings is 2. The molecule has 1 fully saturated rings. The van der Waals surface area contributed by atoms with Crippen molar-refractivity contribution in [2.45, 2.75) is 6.54 Å². The molecule has 5 heteroatoms. The first-order chi connectivity index (χ1) is 13.8. The van der Waals surface area contributed by atoms with Crippen LogP contribution in [0, 0.1) is 0 Å². The van der Waals surface area contributed by atoms with Gasteiger partial charge in [0, 0.05) is 49.0 Å². The van der Waals surface area contributed by atoms with Gasteiger partial charge < -0.3 is 4.90 Å². The Kier molecular flexibility index (Phi) is 4.55. The van der Waals surface area contributed by atoms with Gasteiger partial charge in [-0.15, -0.1) is 11.3 Å². The van der Waals surface area contributed by atoms with Crippen LogP contribution in [0.5, 0.6) is 0 Å². The number of carbonyl (C=O) groups excluding carboxylic acids is 1. The maximum absolute atomic E-state index is 12.9. The van der Waals surface area contributed by atoms with Gasteiger partial charge in [-0.25, -0.2) is 0 Å². The fraction of sp³-hybridized carbons (Fsp3) is 0.217. The third-order valence-electron chi connectivity index (χ3n) is 5.41. The van der Waals surface area contributed by atoms with Gasteiger partial charge in [-0.2, -0.15) is 0 Å². The monoisotopic (exact) mass is 387 g/mol. The van der Waals surface area contributed by atoms with Crippen molar-refractivity contribution >= 4 is 38.2 Å². The highest BCUT2D eigenvalue weighted by molar-refractivity contribution is 7.20. The molecule has 4 aromatic rings.